The summed E-state index contributed by atoms with van der Waals surface area (Å²) in [5.74, 6) is 0. The van der Waals surface area contributed by atoms with Crippen molar-refractivity contribution in [2.24, 2.45) is 0 Å². The number of hydrogen-bond acceptors (Lipinski definition) is 4. The van der Waals surface area contributed by atoms with Crippen LogP contribution in [0.5, 0.6) is 0 Å². The number of nitrogens with zero attached hydrogens (tertiary/aromatic N) is 1. The Balaban J connectivity index is 1.61. The molecule has 2 heterocycles. The molecule has 2 aliphatic rings. The summed E-state index contributed by atoms with van der Waals surface area (Å²) in [5, 5.41) is 3.55. The number of morpholine rings is 1. The SMILES string of the molecule is CC1CN(CCNC2CCOC2)CC(C)O1. The third kappa shape index (κ3) is 3.70. The second-order valence-corrected chi connectivity index (χ2v) is 5.03. The first-order valence-corrected chi connectivity index (χ1v) is 6.43. The Kier molecular flexibility index (Phi) is 4.58. The molecular weight excluding hydrogens is 204 g/mol. The average Bonchev–Trinajstić information content (AvgIpc) is 2.69. The smallest absolute Gasteiger partial charge is 0.0678 e. The van der Waals surface area contributed by atoms with E-state index in [-0.39, 0.29) is 0 Å². The van der Waals surface area contributed by atoms with Crippen LogP contribution in [0, 0.1) is 0 Å². The van der Waals surface area contributed by atoms with Crippen LogP contribution in [0.25, 0.3) is 0 Å². The summed E-state index contributed by atoms with van der Waals surface area (Å²) < 4.78 is 11.1. The van der Waals surface area contributed by atoms with Crippen LogP contribution < -0.4 is 5.32 Å². The summed E-state index contributed by atoms with van der Waals surface area (Å²) in [6, 6.07) is 0.580. The molecule has 2 saturated heterocycles. The molecule has 2 rings (SSSR count). The second kappa shape index (κ2) is 5.96. The molecule has 0 aromatic heterocycles. The highest BCUT2D eigenvalue weighted by molar-refractivity contribution is 4.76. The molecule has 3 unspecified atom stereocenters. The van der Waals surface area contributed by atoms with Gasteiger partial charge in [-0.2, -0.15) is 0 Å². The van der Waals surface area contributed by atoms with Gasteiger partial charge in [0.05, 0.1) is 18.8 Å². The van der Waals surface area contributed by atoms with Crippen molar-refractivity contribution >= 4 is 0 Å². The summed E-state index contributed by atoms with van der Waals surface area (Å²) in [6.45, 7) is 10.4. The highest BCUT2D eigenvalue weighted by Crippen LogP contribution is 2.10. The fourth-order valence-corrected chi connectivity index (χ4v) is 2.59. The topological polar surface area (TPSA) is 33.7 Å². The summed E-state index contributed by atoms with van der Waals surface area (Å²) in [4.78, 5) is 2.49. The van der Waals surface area contributed by atoms with Gasteiger partial charge in [0, 0.05) is 38.8 Å². The zero-order valence-electron chi connectivity index (χ0n) is 10.4. The third-order valence-electron chi connectivity index (χ3n) is 3.29. The fourth-order valence-electron chi connectivity index (χ4n) is 2.59. The van der Waals surface area contributed by atoms with E-state index in [2.05, 4.69) is 24.1 Å². The lowest BCUT2D eigenvalue weighted by atomic mass is 10.2. The lowest BCUT2D eigenvalue weighted by molar-refractivity contribution is -0.0675. The van der Waals surface area contributed by atoms with Crippen LogP contribution >= 0.6 is 0 Å². The normalized spacial score (nSPS) is 36.8. The van der Waals surface area contributed by atoms with Gasteiger partial charge in [0.15, 0.2) is 0 Å². The van der Waals surface area contributed by atoms with Gasteiger partial charge < -0.3 is 14.8 Å². The summed E-state index contributed by atoms with van der Waals surface area (Å²) in [5.41, 5.74) is 0. The Morgan fingerprint density at radius 1 is 1.25 bits per heavy atom. The molecule has 0 amide bonds. The molecule has 4 nitrogen and oxygen atoms in total. The molecule has 0 saturated carbocycles. The van der Waals surface area contributed by atoms with Crippen molar-refractivity contribution in [3.05, 3.63) is 0 Å². The molecule has 2 aliphatic heterocycles. The molecule has 3 atom stereocenters. The van der Waals surface area contributed by atoms with Crippen LogP contribution in [0.1, 0.15) is 20.3 Å². The molecular formula is C12H24N2O2. The Morgan fingerprint density at radius 2 is 2.00 bits per heavy atom. The van der Waals surface area contributed by atoms with Crippen molar-refractivity contribution in [2.75, 3.05) is 39.4 Å². The predicted octanol–water partition coefficient (Wildman–Crippen LogP) is 0.474. The van der Waals surface area contributed by atoms with E-state index >= 15 is 0 Å². The Labute approximate surface area is 98.3 Å². The van der Waals surface area contributed by atoms with Crippen molar-refractivity contribution in [2.45, 2.75) is 38.5 Å². The molecule has 0 radical (unpaired) electrons. The molecule has 0 aromatic rings. The van der Waals surface area contributed by atoms with Crippen LogP contribution in [-0.2, 0) is 9.47 Å². The van der Waals surface area contributed by atoms with Crippen LogP contribution in [0.4, 0.5) is 0 Å². The van der Waals surface area contributed by atoms with E-state index in [1.165, 1.54) is 0 Å². The number of rotatable bonds is 4. The van der Waals surface area contributed by atoms with Gasteiger partial charge in [-0.15, -0.1) is 0 Å². The van der Waals surface area contributed by atoms with Crippen molar-refractivity contribution in [1.82, 2.24) is 10.2 Å². The first-order chi connectivity index (χ1) is 7.74. The zero-order chi connectivity index (χ0) is 11.4. The minimum Gasteiger partial charge on any atom is -0.380 e. The zero-order valence-corrected chi connectivity index (χ0v) is 10.4. The summed E-state index contributed by atoms with van der Waals surface area (Å²) in [7, 11) is 0. The molecule has 2 fully saturated rings. The number of ether oxygens (including phenoxy) is 2. The first-order valence-electron chi connectivity index (χ1n) is 6.43. The van der Waals surface area contributed by atoms with Crippen molar-refractivity contribution in [3.63, 3.8) is 0 Å². The van der Waals surface area contributed by atoms with Crippen molar-refractivity contribution in [1.29, 1.82) is 0 Å². The standard InChI is InChI=1S/C12H24N2O2/c1-10-7-14(8-11(2)16-10)5-4-13-12-3-6-15-9-12/h10-13H,3-9H2,1-2H3. The van der Waals surface area contributed by atoms with Gasteiger partial charge >= 0.3 is 0 Å². The minimum atomic E-state index is 0.374. The highest BCUT2D eigenvalue weighted by Gasteiger charge is 2.22. The predicted molar refractivity (Wildman–Crippen MR) is 63.7 cm³/mol. The van der Waals surface area contributed by atoms with E-state index < -0.39 is 0 Å². The van der Waals surface area contributed by atoms with E-state index in [0.29, 0.717) is 18.2 Å². The van der Waals surface area contributed by atoms with E-state index in [1.807, 2.05) is 0 Å². The fraction of sp³-hybridized carbons (Fsp3) is 1.00. The van der Waals surface area contributed by atoms with Crippen molar-refractivity contribution < 1.29 is 9.47 Å². The number of hydrogen-bond donors (Lipinski definition) is 1. The Hall–Kier alpha value is -0.160. The molecule has 94 valence electrons. The monoisotopic (exact) mass is 228 g/mol. The van der Waals surface area contributed by atoms with Gasteiger partial charge in [0.1, 0.15) is 0 Å². The van der Waals surface area contributed by atoms with Crippen LogP contribution in [0.15, 0.2) is 0 Å². The second-order valence-electron chi connectivity index (χ2n) is 5.03. The van der Waals surface area contributed by atoms with Crippen molar-refractivity contribution in [3.8, 4) is 0 Å². The first kappa shape index (κ1) is 12.3. The van der Waals surface area contributed by atoms with Crippen LogP contribution in [0.2, 0.25) is 0 Å². The lowest BCUT2D eigenvalue weighted by Gasteiger charge is -2.35. The van der Waals surface area contributed by atoms with Crippen LogP contribution in [0.3, 0.4) is 0 Å². The molecule has 16 heavy (non-hydrogen) atoms. The van der Waals surface area contributed by atoms with Gasteiger partial charge in [0.25, 0.3) is 0 Å². The third-order valence-corrected chi connectivity index (χ3v) is 3.29. The molecule has 0 spiro atoms. The van der Waals surface area contributed by atoms with Gasteiger partial charge in [-0.05, 0) is 20.3 Å². The van der Waals surface area contributed by atoms with E-state index in [1.54, 1.807) is 0 Å². The Morgan fingerprint density at radius 3 is 2.62 bits per heavy atom. The Bertz CT molecular complexity index is 197. The van der Waals surface area contributed by atoms with Gasteiger partial charge in [-0.3, -0.25) is 4.90 Å². The molecule has 4 heteroatoms. The molecule has 0 aromatic carbocycles. The maximum atomic E-state index is 5.71. The average molecular weight is 228 g/mol. The maximum absolute atomic E-state index is 5.71. The van der Waals surface area contributed by atoms with Gasteiger partial charge in [-0.1, -0.05) is 0 Å². The number of nitrogens with one attached hydrogen (secondary N) is 1. The largest absolute Gasteiger partial charge is 0.380 e. The van der Waals surface area contributed by atoms with Crippen LogP contribution in [-0.4, -0.2) is 62.5 Å². The lowest BCUT2D eigenvalue weighted by Crippen LogP contribution is -2.48. The maximum Gasteiger partial charge on any atom is 0.0678 e. The van der Waals surface area contributed by atoms with E-state index in [9.17, 15) is 0 Å². The van der Waals surface area contributed by atoms with E-state index in [4.69, 9.17) is 9.47 Å². The van der Waals surface area contributed by atoms with Gasteiger partial charge in [-0.25, -0.2) is 0 Å². The molecule has 0 bridgehead atoms. The summed E-state index contributed by atoms with van der Waals surface area (Å²) >= 11 is 0. The highest BCUT2D eigenvalue weighted by atomic mass is 16.5. The summed E-state index contributed by atoms with van der Waals surface area (Å²) in [6.07, 6.45) is 1.91. The van der Waals surface area contributed by atoms with E-state index in [0.717, 1.165) is 45.8 Å². The molecule has 0 aliphatic carbocycles. The van der Waals surface area contributed by atoms with Gasteiger partial charge in [0.2, 0.25) is 0 Å². The minimum absolute atomic E-state index is 0.374. The molecule has 1 N–H and O–H groups in total. The quantitative estimate of drug-likeness (QED) is 0.758.